The summed E-state index contributed by atoms with van der Waals surface area (Å²) < 4.78 is 5.68. The Hall–Kier alpha value is -1.91. The van der Waals surface area contributed by atoms with Crippen LogP contribution in [0.15, 0.2) is 36.4 Å². The highest BCUT2D eigenvalue weighted by Crippen LogP contribution is 2.30. The zero-order valence-electron chi connectivity index (χ0n) is 13.3. The quantitative estimate of drug-likeness (QED) is 0.623. The molecule has 0 bridgehead atoms. The first-order valence-electron chi connectivity index (χ1n) is 7.63. The molecule has 24 heavy (non-hydrogen) atoms. The molecule has 0 aromatic heterocycles. The summed E-state index contributed by atoms with van der Waals surface area (Å²) in [5, 5.41) is 12.9. The van der Waals surface area contributed by atoms with Crippen molar-refractivity contribution >= 4 is 34.9 Å². The number of unbranched alkanes of at least 4 members (excludes halogenated alkanes) is 1. The van der Waals surface area contributed by atoms with Gasteiger partial charge in [-0.2, -0.15) is 0 Å². The van der Waals surface area contributed by atoms with Crippen LogP contribution in [0.4, 0.5) is 5.69 Å². The number of aromatic carboxylic acids is 1. The highest BCUT2D eigenvalue weighted by Gasteiger charge is 2.14. The fraction of sp³-hybridized carbons (Fsp3) is 0.278. The maximum Gasteiger partial charge on any atom is 0.337 e. The van der Waals surface area contributed by atoms with Gasteiger partial charge in [0.1, 0.15) is 5.75 Å². The number of aryl methyl sites for hydroxylation is 1. The van der Waals surface area contributed by atoms with E-state index in [4.69, 9.17) is 27.9 Å². The smallest absolute Gasteiger partial charge is 0.337 e. The molecule has 0 fully saturated rings. The minimum Gasteiger partial charge on any atom is -0.494 e. The highest BCUT2D eigenvalue weighted by molar-refractivity contribution is 6.37. The van der Waals surface area contributed by atoms with E-state index >= 15 is 0 Å². The van der Waals surface area contributed by atoms with Gasteiger partial charge in [-0.15, -0.1) is 0 Å². The predicted molar refractivity (Wildman–Crippen MR) is 97.8 cm³/mol. The van der Waals surface area contributed by atoms with E-state index in [1.807, 2.05) is 31.2 Å². The molecule has 0 saturated heterocycles. The van der Waals surface area contributed by atoms with Gasteiger partial charge in [0, 0.05) is 11.6 Å². The number of carboxylic acids is 1. The molecule has 6 heteroatoms. The summed E-state index contributed by atoms with van der Waals surface area (Å²) >= 11 is 11.9. The van der Waals surface area contributed by atoms with E-state index in [9.17, 15) is 9.90 Å². The van der Waals surface area contributed by atoms with Crippen LogP contribution < -0.4 is 10.1 Å². The van der Waals surface area contributed by atoms with Gasteiger partial charge in [0.05, 0.1) is 22.9 Å². The molecule has 2 aromatic carbocycles. The summed E-state index contributed by atoms with van der Waals surface area (Å²) in [6, 6.07) is 10.8. The van der Waals surface area contributed by atoms with Crippen LogP contribution in [0.2, 0.25) is 10.0 Å². The van der Waals surface area contributed by atoms with Crippen LogP contribution in [0.1, 0.15) is 28.8 Å². The van der Waals surface area contributed by atoms with Crippen molar-refractivity contribution in [1.29, 1.82) is 0 Å². The molecule has 2 aromatic rings. The molecule has 128 valence electrons. The second kappa shape index (κ2) is 8.81. The fourth-order valence-corrected chi connectivity index (χ4v) is 2.82. The molecule has 2 rings (SSSR count). The molecule has 0 aliphatic carbocycles. The summed E-state index contributed by atoms with van der Waals surface area (Å²) in [6.45, 7) is 3.22. The number of hydrogen-bond acceptors (Lipinski definition) is 3. The zero-order valence-corrected chi connectivity index (χ0v) is 14.8. The van der Waals surface area contributed by atoms with Crippen LogP contribution in [0.3, 0.4) is 0 Å². The Kier molecular flexibility index (Phi) is 6.76. The van der Waals surface area contributed by atoms with Gasteiger partial charge >= 0.3 is 5.97 Å². The molecular formula is C18H19Cl2NO3. The number of benzene rings is 2. The van der Waals surface area contributed by atoms with Crippen LogP contribution in [-0.4, -0.2) is 24.2 Å². The van der Waals surface area contributed by atoms with Gasteiger partial charge in [-0.25, -0.2) is 4.79 Å². The molecule has 0 amide bonds. The zero-order chi connectivity index (χ0) is 17.5. The molecule has 4 nitrogen and oxygen atoms in total. The maximum atomic E-state index is 11.3. The van der Waals surface area contributed by atoms with E-state index in [-0.39, 0.29) is 5.56 Å². The summed E-state index contributed by atoms with van der Waals surface area (Å²) in [7, 11) is 0. The van der Waals surface area contributed by atoms with Gasteiger partial charge in [0.25, 0.3) is 0 Å². The Morgan fingerprint density at radius 3 is 2.71 bits per heavy atom. The van der Waals surface area contributed by atoms with E-state index in [1.165, 1.54) is 12.1 Å². The molecule has 0 saturated carbocycles. The Morgan fingerprint density at radius 1 is 1.21 bits per heavy atom. The van der Waals surface area contributed by atoms with Crippen molar-refractivity contribution < 1.29 is 14.6 Å². The van der Waals surface area contributed by atoms with E-state index in [0.717, 1.165) is 24.2 Å². The van der Waals surface area contributed by atoms with Gasteiger partial charge in [0.2, 0.25) is 0 Å². The third-order valence-corrected chi connectivity index (χ3v) is 3.93. The maximum absolute atomic E-state index is 11.3. The van der Waals surface area contributed by atoms with Gasteiger partial charge in [0.15, 0.2) is 0 Å². The topological polar surface area (TPSA) is 58.6 Å². The fourth-order valence-electron chi connectivity index (χ4n) is 2.26. The summed E-state index contributed by atoms with van der Waals surface area (Å²) in [4.78, 5) is 11.3. The Bertz CT molecular complexity index is 719. The van der Waals surface area contributed by atoms with Gasteiger partial charge in [-0.3, -0.25) is 0 Å². The predicted octanol–water partition coefficient (Wildman–Crippen LogP) is 5.27. The number of halogens is 2. The van der Waals surface area contributed by atoms with Crippen molar-refractivity contribution in [3.63, 3.8) is 0 Å². The first kappa shape index (κ1) is 18.4. The molecule has 0 heterocycles. The van der Waals surface area contributed by atoms with Crippen molar-refractivity contribution in [2.24, 2.45) is 0 Å². The molecule has 0 aliphatic heterocycles. The first-order valence-corrected chi connectivity index (χ1v) is 8.38. The Morgan fingerprint density at radius 2 is 2.00 bits per heavy atom. The number of hydrogen-bond donors (Lipinski definition) is 2. The van der Waals surface area contributed by atoms with Crippen LogP contribution >= 0.6 is 23.2 Å². The normalized spacial score (nSPS) is 10.5. The number of carboxylic acid groups (broad SMARTS) is 1. The van der Waals surface area contributed by atoms with Crippen molar-refractivity contribution in [3.05, 3.63) is 57.6 Å². The lowest BCUT2D eigenvalue weighted by atomic mass is 10.1. The number of ether oxygens (including phenoxy) is 1. The molecule has 0 atom stereocenters. The largest absolute Gasteiger partial charge is 0.494 e. The number of rotatable bonds is 8. The van der Waals surface area contributed by atoms with E-state index < -0.39 is 5.97 Å². The molecule has 0 aliphatic rings. The second-order valence-electron chi connectivity index (χ2n) is 5.41. The van der Waals surface area contributed by atoms with E-state index in [2.05, 4.69) is 5.32 Å². The average Bonchev–Trinajstić information content (AvgIpc) is 2.51. The van der Waals surface area contributed by atoms with E-state index in [1.54, 1.807) is 0 Å². The molecule has 2 N–H and O–H groups in total. The lowest BCUT2D eigenvalue weighted by Gasteiger charge is -2.12. The van der Waals surface area contributed by atoms with Crippen molar-refractivity contribution in [1.82, 2.24) is 0 Å². The lowest BCUT2D eigenvalue weighted by molar-refractivity contribution is 0.0698. The number of nitrogens with one attached hydrogen (secondary N) is 1. The van der Waals surface area contributed by atoms with Gasteiger partial charge < -0.3 is 15.2 Å². The minimum atomic E-state index is -1.07. The third-order valence-electron chi connectivity index (χ3n) is 3.42. The summed E-state index contributed by atoms with van der Waals surface area (Å²) in [5.74, 6) is -0.207. The average molecular weight is 368 g/mol. The summed E-state index contributed by atoms with van der Waals surface area (Å²) in [5.41, 5.74) is 1.63. The Balaban J connectivity index is 1.79. The minimum absolute atomic E-state index is 0.0727. The molecule has 0 radical (unpaired) electrons. The lowest BCUT2D eigenvalue weighted by Crippen LogP contribution is -2.09. The van der Waals surface area contributed by atoms with Crippen LogP contribution in [0, 0.1) is 6.92 Å². The number of carbonyl (C=O) groups is 1. The number of anilines is 1. The third kappa shape index (κ3) is 5.32. The van der Waals surface area contributed by atoms with Crippen LogP contribution in [-0.2, 0) is 0 Å². The van der Waals surface area contributed by atoms with Crippen molar-refractivity contribution in [2.45, 2.75) is 19.8 Å². The van der Waals surface area contributed by atoms with Crippen LogP contribution in [0.5, 0.6) is 5.75 Å². The van der Waals surface area contributed by atoms with Gasteiger partial charge in [-0.1, -0.05) is 35.3 Å². The van der Waals surface area contributed by atoms with Crippen molar-refractivity contribution in [3.8, 4) is 5.75 Å². The van der Waals surface area contributed by atoms with Gasteiger partial charge in [-0.05, 0) is 49.6 Å². The molecule has 0 unspecified atom stereocenters. The van der Waals surface area contributed by atoms with Crippen molar-refractivity contribution in [2.75, 3.05) is 18.5 Å². The standard InChI is InChI=1S/C18H19Cl2NO3/c1-12-5-4-6-14(9-12)24-8-3-2-7-21-17-15(18(22)23)10-13(19)11-16(17)20/h4-6,9-11,21H,2-3,7-8H2,1H3,(H,22,23). The SMILES string of the molecule is Cc1cccc(OCCCCNc2c(Cl)cc(Cl)cc2C(=O)O)c1. The molecular weight excluding hydrogens is 349 g/mol. The van der Waals surface area contributed by atoms with E-state index in [0.29, 0.717) is 28.9 Å². The van der Waals surface area contributed by atoms with Crippen LogP contribution in [0.25, 0.3) is 0 Å². The highest BCUT2D eigenvalue weighted by atomic mass is 35.5. The second-order valence-corrected chi connectivity index (χ2v) is 6.26. The Labute approximate surface area is 151 Å². The summed E-state index contributed by atoms with van der Waals surface area (Å²) in [6.07, 6.45) is 1.67. The molecule has 0 spiro atoms. The monoisotopic (exact) mass is 367 g/mol. The first-order chi connectivity index (χ1) is 11.5.